The first-order chi connectivity index (χ1) is 7.90. The third-order valence-corrected chi connectivity index (χ3v) is 3.89. The summed E-state index contributed by atoms with van der Waals surface area (Å²) in [7, 11) is 0. The third-order valence-electron chi connectivity index (χ3n) is 2.76. The van der Waals surface area contributed by atoms with Gasteiger partial charge < -0.3 is 4.90 Å². The summed E-state index contributed by atoms with van der Waals surface area (Å²) in [5.41, 5.74) is 0. The molecule has 1 aromatic rings. The zero-order chi connectivity index (χ0) is 11.2. The molecule has 0 N–H and O–H groups in total. The summed E-state index contributed by atoms with van der Waals surface area (Å²) in [6.07, 6.45) is 6.83. The van der Waals surface area contributed by atoms with E-state index in [0.29, 0.717) is 0 Å². The Bertz CT molecular complexity index is 324. The molecule has 1 aromatic heterocycles. The first-order valence-corrected chi connectivity index (χ1v) is 7.08. The molecule has 1 saturated heterocycles. The van der Waals surface area contributed by atoms with E-state index in [-0.39, 0.29) is 0 Å². The van der Waals surface area contributed by atoms with Gasteiger partial charge in [0.25, 0.3) is 0 Å². The van der Waals surface area contributed by atoms with Crippen LogP contribution >= 0.6 is 11.8 Å². The van der Waals surface area contributed by atoms with E-state index in [1.54, 1.807) is 6.33 Å². The van der Waals surface area contributed by atoms with Crippen LogP contribution in [0.25, 0.3) is 0 Å². The van der Waals surface area contributed by atoms with Crippen molar-refractivity contribution < 1.29 is 0 Å². The molecule has 0 unspecified atom stereocenters. The molecular formula is C12H19N3S. The van der Waals surface area contributed by atoms with Gasteiger partial charge in [-0.2, -0.15) is 0 Å². The number of anilines is 1. The fourth-order valence-corrected chi connectivity index (χ4v) is 2.64. The zero-order valence-electron chi connectivity index (χ0n) is 9.85. The first-order valence-electron chi connectivity index (χ1n) is 6.10. The average Bonchev–Trinajstić information content (AvgIpc) is 2.38. The zero-order valence-corrected chi connectivity index (χ0v) is 10.7. The molecule has 4 heteroatoms. The molecule has 0 saturated carbocycles. The van der Waals surface area contributed by atoms with Gasteiger partial charge in [-0.25, -0.2) is 9.97 Å². The van der Waals surface area contributed by atoms with Crippen molar-refractivity contribution in [3.05, 3.63) is 12.4 Å². The minimum Gasteiger partial charge on any atom is -0.356 e. The normalized spacial score (nSPS) is 16.4. The molecule has 16 heavy (non-hydrogen) atoms. The lowest BCUT2D eigenvalue weighted by atomic mass is 10.1. The predicted octanol–water partition coefficient (Wildman–Crippen LogP) is 2.97. The molecule has 2 heterocycles. The number of thioether (sulfide) groups is 1. The lowest BCUT2D eigenvalue weighted by molar-refractivity contribution is 0.572. The molecule has 0 aliphatic carbocycles. The van der Waals surface area contributed by atoms with Gasteiger partial charge >= 0.3 is 0 Å². The molecule has 1 aliphatic rings. The molecule has 0 bridgehead atoms. The van der Waals surface area contributed by atoms with Crippen LogP contribution in [-0.4, -0.2) is 28.8 Å². The first kappa shape index (κ1) is 11.7. The molecule has 2 rings (SSSR count). The molecule has 3 nitrogen and oxygen atoms in total. The van der Waals surface area contributed by atoms with Gasteiger partial charge in [0.15, 0.2) is 0 Å². The topological polar surface area (TPSA) is 29.0 Å². The molecule has 0 amide bonds. The maximum Gasteiger partial charge on any atom is 0.133 e. The van der Waals surface area contributed by atoms with E-state index in [9.17, 15) is 0 Å². The average molecular weight is 237 g/mol. The van der Waals surface area contributed by atoms with Crippen molar-refractivity contribution in [3.8, 4) is 0 Å². The molecule has 1 fully saturated rings. The van der Waals surface area contributed by atoms with Crippen molar-refractivity contribution >= 4 is 17.6 Å². The van der Waals surface area contributed by atoms with Gasteiger partial charge in [0.2, 0.25) is 0 Å². The smallest absolute Gasteiger partial charge is 0.133 e. The monoisotopic (exact) mass is 237 g/mol. The van der Waals surface area contributed by atoms with E-state index in [0.717, 1.165) is 29.7 Å². The Morgan fingerprint density at radius 1 is 1.25 bits per heavy atom. The minimum absolute atomic E-state index is 1.10. The molecule has 0 spiro atoms. The summed E-state index contributed by atoms with van der Waals surface area (Å²) in [6, 6.07) is 2.13. The Hall–Kier alpha value is -0.770. The van der Waals surface area contributed by atoms with Crippen LogP contribution in [-0.2, 0) is 0 Å². The van der Waals surface area contributed by atoms with Crippen molar-refractivity contribution in [2.45, 2.75) is 37.6 Å². The van der Waals surface area contributed by atoms with Crippen LogP contribution in [0.3, 0.4) is 0 Å². The second-order valence-electron chi connectivity index (χ2n) is 4.11. The van der Waals surface area contributed by atoms with Crippen molar-refractivity contribution in [2.24, 2.45) is 0 Å². The number of hydrogen-bond donors (Lipinski definition) is 0. The Kier molecular flexibility index (Phi) is 4.45. The SMILES string of the molecule is CCCSc1cc(N2CCCCC2)ncn1. The summed E-state index contributed by atoms with van der Waals surface area (Å²) in [6.45, 7) is 4.49. The highest BCUT2D eigenvalue weighted by Crippen LogP contribution is 2.22. The van der Waals surface area contributed by atoms with E-state index in [4.69, 9.17) is 0 Å². The second kappa shape index (κ2) is 6.09. The van der Waals surface area contributed by atoms with E-state index in [1.165, 1.54) is 25.7 Å². The molecular weight excluding hydrogens is 218 g/mol. The van der Waals surface area contributed by atoms with E-state index >= 15 is 0 Å². The Morgan fingerprint density at radius 2 is 2.06 bits per heavy atom. The van der Waals surface area contributed by atoms with Gasteiger partial charge in [-0.3, -0.25) is 0 Å². The maximum absolute atomic E-state index is 4.37. The van der Waals surface area contributed by atoms with Gasteiger partial charge in [0, 0.05) is 19.2 Å². The molecule has 88 valence electrons. The largest absolute Gasteiger partial charge is 0.356 e. The van der Waals surface area contributed by atoms with Crippen LogP contribution in [0.4, 0.5) is 5.82 Å². The molecule has 1 aliphatic heterocycles. The Balaban J connectivity index is 2.02. The van der Waals surface area contributed by atoms with Crippen LogP contribution in [0, 0.1) is 0 Å². The predicted molar refractivity (Wildman–Crippen MR) is 69.1 cm³/mol. The molecule has 0 atom stereocenters. The number of rotatable bonds is 4. The van der Waals surface area contributed by atoms with Crippen molar-refractivity contribution in [1.82, 2.24) is 9.97 Å². The number of piperidine rings is 1. The van der Waals surface area contributed by atoms with Crippen LogP contribution in [0.2, 0.25) is 0 Å². The minimum atomic E-state index is 1.10. The molecule has 0 aromatic carbocycles. The Labute approximate surface area is 102 Å². The highest BCUT2D eigenvalue weighted by molar-refractivity contribution is 7.99. The Morgan fingerprint density at radius 3 is 2.81 bits per heavy atom. The fraction of sp³-hybridized carbons (Fsp3) is 0.667. The van der Waals surface area contributed by atoms with Crippen LogP contribution in [0.5, 0.6) is 0 Å². The number of hydrogen-bond acceptors (Lipinski definition) is 4. The third kappa shape index (κ3) is 3.11. The van der Waals surface area contributed by atoms with Crippen LogP contribution < -0.4 is 4.90 Å². The van der Waals surface area contributed by atoms with Gasteiger partial charge in [-0.15, -0.1) is 11.8 Å². The number of nitrogens with zero attached hydrogens (tertiary/aromatic N) is 3. The van der Waals surface area contributed by atoms with Crippen molar-refractivity contribution in [1.29, 1.82) is 0 Å². The van der Waals surface area contributed by atoms with E-state index in [2.05, 4.69) is 27.9 Å². The lowest BCUT2D eigenvalue weighted by Crippen LogP contribution is -2.30. The van der Waals surface area contributed by atoms with Crippen molar-refractivity contribution in [2.75, 3.05) is 23.7 Å². The number of aromatic nitrogens is 2. The summed E-state index contributed by atoms with van der Waals surface area (Å²) < 4.78 is 0. The highest BCUT2D eigenvalue weighted by atomic mass is 32.2. The summed E-state index contributed by atoms with van der Waals surface area (Å²) in [5.74, 6) is 2.24. The fourth-order valence-electron chi connectivity index (χ4n) is 1.91. The highest BCUT2D eigenvalue weighted by Gasteiger charge is 2.12. The van der Waals surface area contributed by atoms with Crippen LogP contribution in [0.1, 0.15) is 32.6 Å². The van der Waals surface area contributed by atoms with Crippen LogP contribution in [0.15, 0.2) is 17.4 Å². The van der Waals surface area contributed by atoms with Gasteiger partial charge in [0.1, 0.15) is 17.2 Å². The summed E-state index contributed by atoms with van der Waals surface area (Å²) in [5, 5.41) is 1.11. The second-order valence-corrected chi connectivity index (χ2v) is 5.23. The van der Waals surface area contributed by atoms with Gasteiger partial charge in [-0.05, 0) is 31.4 Å². The van der Waals surface area contributed by atoms with E-state index < -0.39 is 0 Å². The van der Waals surface area contributed by atoms with Gasteiger partial charge in [-0.1, -0.05) is 6.92 Å². The molecule has 0 radical (unpaired) electrons. The standard InChI is InChI=1S/C12H19N3S/c1-2-8-16-12-9-11(13-10-14-12)15-6-4-3-5-7-15/h9-10H,2-8H2,1H3. The van der Waals surface area contributed by atoms with E-state index in [1.807, 2.05) is 11.8 Å². The quantitative estimate of drug-likeness (QED) is 0.594. The summed E-state index contributed by atoms with van der Waals surface area (Å²) >= 11 is 1.82. The lowest BCUT2D eigenvalue weighted by Gasteiger charge is -2.27. The summed E-state index contributed by atoms with van der Waals surface area (Å²) in [4.78, 5) is 11.0. The van der Waals surface area contributed by atoms with Crippen molar-refractivity contribution in [3.63, 3.8) is 0 Å². The maximum atomic E-state index is 4.37. The van der Waals surface area contributed by atoms with Gasteiger partial charge in [0.05, 0.1) is 0 Å².